The number of hydrogen-bond acceptors (Lipinski definition) is 5. The van der Waals surface area contributed by atoms with Crippen molar-refractivity contribution < 1.29 is 26.1 Å². The van der Waals surface area contributed by atoms with Gasteiger partial charge in [0.1, 0.15) is 16.4 Å². The Morgan fingerprint density at radius 3 is 1.97 bits per heavy atom. The van der Waals surface area contributed by atoms with Crippen molar-refractivity contribution in [2.75, 3.05) is 0 Å². The molecule has 152 valence electrons. The minimum absolute atomic E-state index is 0.0215. The molecule has 6 nitrogen and oxygen atoms in total. The van der Waals surface area contributed by atoms with Crippen molar-refractivity contribution >= 4 is 20.0 Å². The standard InChI is InChI=1S/C21H20O6S2/c1-3-16-6-8-17(9-7-16)27-20-13-12-19(14-21(20)29(24,25)26)28(22,23)18-10-4-15(2)5-11-18/h4-14H,3H2,1-2H3,(H,24,25,26). The van der Waals surface area contributed by atoms with Gasteiger partial charge < -0.3 is 4.74 Å². The van der Waals surface area contributed by atoms with Gasteiger partial charge in [-0.1, -0.05) is 36.8 Å². The zero-order valence-electron chi connectivity index (χ0n) is 15.9. The van der Waals surface area contributed by atoms with Crippen molar-refractivity contribution in [3.05, 3.63) is 77.9 Å². The molecule has 0 heterocycles. The minimum Gasteiger partial charge on any atom is -0.456 e. The maximum atomic E-state index is 12.8. The fraction of sp³-hybridized carbons (Fsp3) is 0.143. The van der Waals surface area contributed by atoms with Crippen LogP contribution in [0.1, 0.15) is 18.1 Å². The fourth-order valence-electron chi connectivity index (χ4n) is 2.72. The van der Waals surface area contributed by atoms with Crippen molar-refractivity contribution in [2.24, 2.45) is 0 Å². The van der Waals surface area contributed by atoms with Crippen LogP contribution in [-0.4, -0.2) is 21.4 Å². The summed E-state index contributed by atoms with van der Waals surface area (Å²) in [5.41, 5.74) is 1.97. The summed E-state index contributed by atoms with van der Waals surface area (Å²) in [7, 11) is -8.70. The van der Waals surface area contributed by atoms with Gasteiger partial charge in [0.05, 0.1) is 9.79 Å². The highest BCUT2D eigenvalue weighted by Gasteiger charge is 2.24. The Bertz CT molecular complexity index is 1230. The van der Waals surface area contributed by atoms with E-state index in [1.807, 2.05) is 26.0 Å². The molecule has 0 aliphatic heterocycles. The number of hydrogen-bond donors (Lipinski definition) is 1. The Balaban J connectivity index is 2.05. The molecule has 8 heteroatoms. The van der Waals surface area contributed by atoms with Gasteiger partial charge in [0, 0.05) is 0 Å². The lowest BCUT2D eigenvalue weighted by atomic mass is 10.2. The number of aryl methyl sites for hydroxylation is 2. The third kappa shape index (κ3) is 4.67. The van der Waals surface area contributed by atoms with Crippen LogP contribution in [0.2, 0.25) is 0 Å². The molecule has 29 heavy (non-hydrogen) atoms. The third-order valence-corrected chi connectivity index (χ3v) is 7.04. The second kappa shape index (κ2) is 7.98. The van der Waals surface area contributed by atoms with Gasteiger partial charge in [0.2, 0.25) is 9.84 Å². The molecule has 0 amide bonds. The number of sulfone groups is 1. The Hall–Kier alpha value is -2.68. The number of rotatable bonds is 6. The van der Waals surface area contributed by atoms with Gasteiger partial charge >= 0.3 is 0 Å². The van der Waals surface area contributed by atoms with E-state index in [4.69, 9.17) is 4.74 Å². The van der Waals surface area contributed by atoms with Crippen molar-refractivity contribution in [3.8, 4) is 11.5 Å². The first-order chi connectivity index (χ1) is 13.6. The average Bonchev–Trinajstić information content (AvgIpc) is 2.68. The zero-order valence-corrected chi connectivity index (χ0v) is 17.5. The van der Waals surface area contributed by atoms with Gasteiger partial charge in [-0.3, -0.25) is 4.55 Å². The van der Waals surface area contributed by atoms with Crippen molar-refractivity contribution in [1.82, 2.24) is 0 Å². The quantitative estimate of drug-likeness (QED) is 0.579. The van der Waals surface area contributed by atoms with E-state index >= 15 is 0 Å². The Morgan fingerprint density at radius 2 is 1.41 bits per heavy atom. The van der Waals surface area contributed by atoms with Crippen LogP contribution >= 0.6 is 0 Å². The van der Waals surface area contributed by atoms with Gasteiger partial charge in [0.25, 0.3) is 10.1 Å². The molecule has 3 aromatic rings. The summed E-state index contributed by atoms with van der Waals surface area (Å²) in [6.07, 6.45) is 0.835. The van der Waals surface area contributed by atoms with Crippen LogP contribution in [0.25, 0.3) is 0 Å². The summed E-state index contributed by atoms with van der Waals surface area (Å²) in [6, 6.07) is 16.6. The van der Waals surface area contributed by atoms with E-state index in [9.17, 15) is 21.4 Å². The number of ether oxygens (including phenoxy) is 1. The lowest BCUT2D eigenvalue weighted by Crippen LogP contribution is -2.06. The molecular weight excluding hydrogens is 412 g/mol. The molecule has 0 aromatic heterocycles. The van der Waals surface area contributed by atoms with E-state index in [2.05, 4.69) is 0 Å². The van der Waals surface area contributed by atoms with Gasteiger partial charge in [-0.05, 0) is 61.4 Å². The molecule has 0 aliphatic rings. The van der Waals surface area contributed by atoms with Crippen LogP contribution in [0.15, 0.2) is 81.4 Å². The maximum absolute atomic E-state index is 12.8. The van der Waals surface area contributed by atoms with Gasteiger partial charge in [-0.25, -0.2) is 8.42 Å². The van der Waals surface area contributed by atoms with Crippen molar-refractivity contribution in [3.63, 3.8) is 0 Å². The summed E-state index contributed by atoms with van der Waals surface area (Å²) >= 11 is 0. The molecule has 0 unspecified atom stereocenters. The summed E-state index contributed by atoms with van der Waals surface area (Å²) in [5.74, 6) is 0.195. The van der Waals surface area contributed by atoms with Gasteiger partial charge in [-0.2, -0.15) is 8.42 Å². The highest BCUT2D eigenvalue weighted by molar-refractivity contribution is 7.91. The van der Waals surface area contributed by atoms with Crippen LogP contribution in [0, 0.1) is 6.92 Å². The summed E-state index contributed by atoms with van der Waals surface area (Å²) in [4.78, 5) is -0.860. The van der Waals surface area contributed by atoms with Gasteiger partial charge in [0.15, 0.2) is 0 Å². The molecule has 0 aliphatic carbocycles. The second-order valence-corrected chi connectivity index (χ2v) is 9.84. The molecule has 1 N–H and O–H groups in total. The molecular formula is C21H20O6S2. The lowest BCUT2D eigenvalue weighted by molar-refractivity contribution is 0.449. The third-order valence-electron chi connectivity index (χ3n) is 4.39. The molecule has 0 saturated heterocycles. The largest absolute Gasteiger partial charge is 0.456 e. The molecule has 0 spiro atoms. The highest BCUT2D eigenvalue weighted by Crippen LogP contribution is 2.33. The Morgan fingerprint density at radius 1 is 0.828 bits per heavy atom. The average molecular weight is 433 g/mol. The Labute approximate surface area is 170 Å². The smallest absolute Gasteiger partial charge is 0.298 e. The van der Waals surface area contributed by atoms with E-state index < -0.39 is 24.9 Å². The Kier molecular flexibility index (Phi) is 5.79. The van der Waals surface area contributed by atoms with Crippen LogP contribution in [0.5, 0.6) is 11.5 Å². The predicted octanol–water partition coefficient (Wildman–Crippen LogP) is 4.43. The maximum Gasteiger partial charge on any atom is 0.298 e. The highest BCUT2D eigenvalue weighted by atomic mass is 32.2. The molecule has 3 aromatic carbocycles. The van der Waals surface area contributed by atoms with E-state index in [0.717, 1.165) is 23.6 Å². The van der Waals surface area contributed by atoms with E-state index in [1.54, 1.807) is 24.3 Å². The molecule has 0 fully saturated rings. The summed E-state index contributed by atoms with van der Waals surface area (Å²) in [6.45, 7) is 3.82. The zero-order chi connectivity index (χ0) is 21.2. The first-order valence-corrected chi connectivity index (χ1v) is 11.7. The fourth-order valence-corrected chi connectivity index (χ4v) is 4.72. The first kappa shape index (κ1) is 21.0. The molecule has 0 atom stereocenters. The van der Waals surface area contributed by atoms with E-state index in [-0.39, 0.29) is 15.5 Å². The monoisotopic (exact) mass is 432 g/mol. The SMILES string of the molecule is CCc1ccc(Oc2ccc(S(=O)(=O)c3ccc(C)cc3)cc2S(=O)(=O)O)cc1. The minimum atomic E-state index is -4.73. The van der Waals surface area contributed by atoms with Crippen LogP contribution in [-0.2, 0) is 26.4 Å². The van der Waals surface area contributed by atoms with E-state index in [1.165, 1.54) is 24.3 Å². The summed E-state index contributed by atoms with van der Waals surface area (Å²) < 4.78 is 64.7. The van der Waals surface area contributed by atoms with Crippen LogP contribution < -0.4 is 4.74 Å². The predicted molar refractivity (Wildman–Crippen MR) is 109 cm³/mol. The molecule has 0 radical (unpaired) electrons. The van der Waals surface area contributed by atoms with Crippen LogP contribution in [0.4, 0.5) is 0 Å². The van der Waals surface area contributed by atoms with Gasteiger partial charge in [-0.15, -0.1) is 0 Å². The van der Waals surface area contributed by atoms with E-state index in [0.29, 0.717) is 5.75 Å². The lowest BCUT2D eigenvalue weighted by Gasteiger charge is -2.12. The normalized spacial score (nSPS) is 12.0. The second-order valence-electron chi connectivity index (χ2n) is 6.50. The number of benzene rings is 3. The van der Waals surface area contributed by atoms with Crippen molar-refractivity contribution in [2.45, 2.75) is 35.0 Å². The topological polar surface area (TPSA) is 97.7 Å². The summed E-state index contributed by atoms with van der Waals surface area (Å²) in [5, 5.41) is 0. The molecule has 3 rings (SSSR count). The van der Waals surface area contributed by atoms with Crippen molar-refractivity contribution in [1.29, 1.82) is 0 Å². The first-order valence-electron chi connectivity index (χ1n) is 8.81. The van der Waals surface area contributed by atoms with Crippen LogP contribution in [0.3, 0.4) is 0 Å². The molecule has 0 bridgehead atoms. The molecule has 0 saturated carbocycles.